The fraction of sp³-hybridized carbons (Fsp3) is 0. The number of nitrogens with zero attached hydrogens (tertiary/aromatic N) is 1. The Labute approximate surface area is 160 Å². The molecule has 0 aliphatic rings. The molecule has 0 aliphatic carbocycles. The highest BCUT2D eigenvalue weighted by molar-refractivity contribution is 14.1. The number of fused-ring (bicyclic) bond motifs is 2. The maximum atomic E-state index is 4.75. The fourth-order valence-corrected chi connectivity index (χ4v) is 3.01. The third-order valence-corrected chi connectivity index (χ3v) is 4.42. The number of para-hydroxylation sites is 2. The third kappa shape index (κ3) is 3.45. The molecule has 122 valence electrons. The summed E-state index contributed by atoms with van der Waals surface area (Å²) in [7, 11) is 0. The van der Waals surface area contributed by atoms with E-state index in [4.69, 9.17) is 4.98 Å². The molecule has 0 amide bonds. The quantitative estimate of drug-likeness (QED) is 0.331. The average Bonchev–Trinajstić information content (AvgIpc) is 2.56. The lowest BCUT2D eigenvalue weighted by Gasteiger charge is -2.13. The topological polar surface area (TPSA) is 56.4 Å². The first kappa shape index (κ1) is 18.4. The second kappa shape index (κ2) is 7.79. The molecule has 3 N–H and O–H groups in total. The molecule has 0 aliphatic heterocycles. The van der Waals surface area contributed by atoms with E-state index in [0.29, 0.717) is 0 Å². The lowest BCUT2D eigenvalue weighted by Crippen LogP contribution is -1.95. The Hall–Kier alpha value is -1.89. The van der Waals surface area contributed by atoms with Gasteiger partial charge >= 0.3 is 0 Å². The molecule has 3 nitrogen and oxygen atoms in total. The maximum Gasteiger partial charge on any atom is 0.0730 e. The normalized spacial score (nSPS) is 10.0. The number of aromatic nitrogens is 1. The van der Waals surface area contributed by atoms with E-state index in [1.165, 1.54) is 3.57 Å². The number of hydrogen-bond acceptors (Lipinski definition) is 2. The average molecular weight is 451 g/mol. The van der Waals surface area contributed by atoms with E-state index in [1.54, 1.807) is 0 Å². The van der Waals surface area contributed by atoms with Crippen molar-refractivity contribution in [2.24, 2.45) is 0 Å². The highest BCUT2D eigenvalue weighted by Gasteiger charge is 2.08. The summed E-state index contributed by atoms with van der Waals surface area (Å²) in [5.41, 5.74) is 4.22. The number of benzene rings is 3. The van der Waals surface area contributed by atoms with E-state index in [9.17, 15) is 0 Å². The number of halogens is 2. The fourth-order valence-electron chi connectivity index (χ4n) is 2.65. The van der Waals surface area contributed by atoms with Crippen LogP contribution in [0.3, 0.4) is 0 Å². The van der Waals surface area contributed by atoms with E-state index in [0.717, 1.165) is 33.2 Å². The molecule has 0 atom stereocenters. The van der Waals surface area contributed by atoms with Crippen molar-refractivity contribution in [1.29, 1.82) is 0 Å². The second-order valence-corrected chi connectivity index (χ2v) is 6.40. The molecule has 3 aromatic carbocycles. The minimum Gasteiger partial charge on any atom is -0.412 e. The zero-order valence-electron chi connectivity index (χ0n) is 12.7. The van der Waals surface area contributed by atoms with Crippen LogP contribution in [0, 0.1) is 3.57 Å². The molecule has 1 heterocycles. The molecule has 0 bridgehead atoms. The maximum absolute atomic E-state index is 4.75. The van der Waals surface area contributed by atoms with Gasteiger partial charge in [0.25, 0.3) is 0 Å². The third-order valence-electron chi connectivity index (χ3n) is 3.70. The van der Waals surface area contributed by atoms with Gasteiger partial charge < -0.3 is 10.8 Å². The smallest absolute Gasteiger partial charge is 0.0730 e. The van der Waals surface area contributed by atoms with Gasteiger partial charge in [-0.1, -0.05) is 36.4 Å². The van der Waals surface area contributed by atoms with Crippen LogP contribution in [0.1, 0.15) is 0 Å². The molecule has 0 radical (unpaired) electrons. The van der Waals surface area contributed by atoms with Crippen molar-refractivity contribution in [2.75, 3.05) is 5.32 Å². The highest BCUT2D eigenvalue weighted by Crippen LogP contribution is 2.32. The second-order valence-electron chi connectivity index (χ2n) is 5.15. The first-order chi connectivity index (χ1) is 10.8. The van der Waals surface area contributed by atoms with Crippen LogP contribution in [0.15, 0.2) is 72.8 Å². The van der Waals surface area contributed by atoms with Gasteiger partial charge in [0.05, 0.1) is 16.7 Å². The monoisotopic (exact) mass is 450 g/mol. The summed E-state index contributed by atoms with van der Waals surface area (Å²) in [6.07, 6.45) is 0. The lowest BCUT2D eigenvalue weighted by molar-refractivity contribution is 0.824. The van der Waals surface area contributed by atoms with Crippen LogP contribution in [0.25, 0.3) is 21.8 Å². The number of rotatable bonds is 2. The molecule has 0 spiro atoms. The summed E-state index contributed by atoms with van der Waals surface area (Å²) >= 11 is 2.32. The van der Waals surface area contributed by atoms with Gasteiger partial charge in [0.1, 0.15) is 0 Å². The zero-order chi connectivity index (χ0) is 14.9. The van der Waals surface area contributed by atoms with E-state index in [2.05, 4.69) is 88.6 Å². The molecule has 0 saturated carbocycles. The van der Waals surface area contributed by atoms with Gasteiger partial charge in [-0.15, -0.1) is 12.4 Å². The Balaban J connectivity index is 0.00000104. The molecule has 0 saturated heterocycles. The minimum absolute atomic E-state index is 0. The summed E-state index contributed by atoms with van der Waals surface area (Å²) in [5.74, 6) is 0. The van der Waals surface area contributed by atoms with Crippen LogP contribution in [0.2, 0.25) is 0 Å². The van der Waals surface area contributed by atoms with E-state index in [-0.39, 0.29) is 17.9 Å². The summed E-state index contributed by atoms with van der Waals surface area (Å²) in [6, 6.07) is 24.9. The Bertz CT molecular complexity index is 920. The van der Waals surface area contributed by atoms with Crippen LogP contribution in [0.5, 0.6) is 0 Å². The summed E-state index contributed by atoms with van der Waals surface area (Å²) in [5, 5.41) is 5.85. The largest absolute Gasteiger partial charge is 0.412 e. The Kier molecular flexibility index (Phi) is 5.99. The van der Waals surface area contributed by atoms with Crippen molar-refractivity contribution in [3.8, 4) is 0 Å². The SMILES string of the molecule is Cl.Ic1ccc(Nc2c3ccccc3nc3ccccc23)cc1.O. The molecule has 0 fully saturated rings. The molecular weight excluding hydrogens is 435 g/mol. The molecular formula is C19H16ClIN2O. The van der Waals surface area contributed by atoms with Gasteiger partial charge in [0, 0.05) is 20.0 Å². The van der Waals surface area contributed by atoms with Crippen molar-refractivity contribution < 1.29 is 5.48 Å². The molecule has 4 rings (SSSR count). The van der Waals surface area contributed by atoms with Crippen molar-refractivity contribution in [3.05, 3.63) is 76.4 Å². The van der Waals surface area contributed by atoms with Gasteiger partial charge in [0.2, 0.25) is 0 Å². The minimum atomic E-state index is 0. The van der Waals surface area contributed by atoms with Crippen molar-refractivity contribution in [2.45, 2.75) is 0 Å². The lowest BCUT2D eigenvalue weighted by atomic mass is 10.1. The van der Waals surface area contributed by atoms with E-state index < -0.39 is 0 Å². The van der Waals surface area contributed by atoms with Gasteiger partial charge in [-0.2, -0.15) is 0 Å². The standard InChI is InChI=1S/C19H13IN2.ClH.H2O/c20-13-9-11-14(12-10-13)21-19-15-5-1-3-7-17(15)22-18-8-4-2-6-16(18)19;;/h1-12H,(H,21,22);1H;1H2. The molecule has 5 heteroatoms. The Morgan fingerprint density at radius 2 is 1.21 bits per heavy atom. The summed E-state index contributed by atoms with van der Waals surface area (Å²) in [6.45, 7) is 0. The van der Waals surface area contributed by atoms with Crippen LogP contribution < -0.4 is 5.32 Å². The highest BCUT2D eigenvalue weighted by atomic mass is 127. The molecule has 4 aromatic rings. The molecule has 24 heavy (non-hydrogen) atoms. The van der Waals surface area contributed by atoms with Crippen LogP contribution >= 0.6 is 35.0 Å². The van der Waals surface area contributed by atoms with E-state index >= 15 is 0 Å². The molecule has 1 aromatic heterocycles. The number of anilines is 2. The van der Waals surface area contributed by atoms with Crippen molar-refractivity contribution >= 4 is 68.2 Å². The zero-order valence-corrected chi connectivity index (χ0v) is 15.6. The van der Waals surface area contributed by atoms with Gasteiger partial charge in [-0.05, 0) is 59.0 Å². The first-order valence-electron chi connectivity index (χ1n) is 7.11. The van der Waals surface area contributed by atoms with Crippen LogP contribution in [0.4, 0.5) is 11.4 Å². The van der Waals surface area contributed by atoms with E-state index in [1.807, 2.05) is 12.1 Å². The summed E-state index contributed by atoms with van der Waals surface area (Å²) in [4.78, 5) is 4.75. The number of hydrogen-bond donors (Lipinski definition) is 1. The summed E-state index contributed by atoms with van der Waals surface area (Å²) < 4.78 is 1.23. The van der Waals surface area contributed by atoms with Gasteiger partial charge in [-0.3, -0.25) is 0 Å². The van der Waals surface area contributed by atoms with Gasteiger partial charge in [-0.25, -0.2) is 4.98 Å². The predicted octanol–water partition coefficient (Wildman–Crippen LogP) is 5.33. The Morgan fingerprint density at radius 1 is 0.708 bits per heavy atom. The van der Waals surface area contributed by atoms with Crippen LogP contribution in [-0.4, -0.2) is 10.5 Å². The predicted molar refractivity (Wildman–Crippen MR) is 113 cm³/mol. The van der Waals surface area contributed by atoms with Crippen LogP contribution in [-0.2, 0) is 0 Å². The first-order valence-corrected chi connectivity index (χ1v) is 8.19. The van der Waals surface area contributed by atoms with Gasteiger partial charge in [0.15, 0.2) is 0 Å². The van der Waals surface area contributed by atoms with Crippen molar-refractivity contribution in [1.82, 2.24) is 4.98 Å². The Morgan fingerprint density at radius 3 is 1.75 bits per heavy atom. The molecule has 0 unspecified atom stereocenters. The number of nitrogens with one attached hydrogen (secondary N) is 1. The number of pyridine rings is 1. The van der Waals surface area contributed by atoms with Crippen molar-refractivity contribution in [3.63, 3.8) is 0 Å².